The minimum Gasteiger partial charge on any atom is -0.481 e. The number of carbonyl (C=O) groups excluding carboxylic acids is 1. The van der Waals surface area contributed by atoms with Gasteiger partial charge in [-0.2, -0.15) is 5.26 Å². The molecule has 0 aliphatic rings. The van der Waals surface area contributed by atoms with Crippen LogP contribution in [-0.4, -0.2) is 44.1 Å². The van der Waals surface area contributed by atoms with Crippen LogP contribution in [0.1, 0.15) is 12.5 Å². The number of hydrogen-bond acceptors (Lipinski definition) is 8. The smallest absolute Gasteiger partial charge is 0.351 e. The minimum atomic E-state index is -0.665. The van der Waals surface area contributed by atoms with E-state index in [1.807, 2.05) is 19.1 Å². The van der Waals surface area contributed by atoms with Gasteiger partial charge in [0.05, 0.1) is 18.7 Å². The largest absolute Gasteiger partial charge is 0.481 e. The quantitative estimate of drug-likeness (QED) is 0.295. The van der Waals surface area contributed by atoms with Crippen molar-refractivity contribution in [2.45, 2.75) is 13.5 Å². The summed E-state index contributed by atoms with van der Waals surface area (Å²) in [4.78, 5) is 16.1. The molecule has 0 aliphatic carbocycles. The van der Waals surface area contributed by atoms with Gasteiger partial charge in [-0.05, 0) is 18.7 Å². The third kappa shape index (κ3) is 6.48. The summed E-state index contributed by atoms with van der Waals surface area (Å²) in [5.74, 6) is -0.142. The molecule has 0 atom stereocenters. The van der Waals surface area contributed by atoms with Crippen molar-refractivity contribution in [2.75, 3.05) is 33.2 Å². The molecular formula is C16H21N3O4S. The first-order chi connectivity index (χ1) is 11.7. The highest BCUT2D eigenvalue weighted by molar-refractivity contribution is 8.02. The Morgan fingerprint density at radius 3 is 2.75 bits per heavy atom. The number of ether oxygens (including phenoxy) is 3. The van der Waals surface area contributed by atoms with E-state index >= 15 is 0 Å². The summed E-state index contributed by atoms with van der Waals surface area (Å²) < 4.78 is 15.1. The summed E-state index contributed by atoms with van der Waals surface area (Å²) in [6.45, 7) is 3.24. The molecule has 1 N–H and O–H groups in total. The van der Waals surface area contributed by atoms with Crippen molar-refractivity contribution in [3.8, 4) is 11.9 Å². The van der Waals surface area contributed by atoms with Crippen LogP contribution in [0.2, 0.25) is 0 Å². The highest BCUT2D eigenvalue weighted by Crippen LogP contribution is 2.16. The van der Waals surface area contributed by atoms with E-state index in [2.05, 4.69) is 10.3 Å². The maximum absolute atomic E-state index is 12.0. The molecule has 7 nitrogen and oxygen atoms in total. The van der Waals surface area contributed by atoms with Gasteiger partial charge in [-0.15, -0.1) is 11.8 Å². The summed E-state index contributed by atoms with van der Waals surface area (Å²) in [6.07, 6.45) is 3.44. The highest BCUT2D eigenvalue weighted by atomic mass is 32.2. The lowest BCUT2D eigenvalue weighted by Gasteiger charge is -2.11. The van der Waals surface area contributed by atoms with E-state index in [-0.39, 0.29) is 12.2 Å². The molecule has 0 unspecified atom stereocenters. The van der Waals surface area contributed by atoms with Crippen LogP contribution in [0.25, 0.3) is 0 Å². The van der Waals surface area contributed by atoms with Gasteiger partial charge in [0, 0.05) is 25.4 Å². The van der Waals surface area contributed by atoms with E-state index in [4.69, 9.17) is 14.2 Å². The van der Waals surface area contributed by atoms with Gasteiger partial charge in [0.15, 0.2) is 5.57 Å². The molecule has 0 bridgehead atoms. The van der Waals surface area contributed by atoms with Crippen LogP contribution in [0, 0.1) is 11.3 Å². The molecule has 0 radical (unpaired) electrons. The first-order valence-electron chi connectivity index (χ1n) is 7.32. The summed E-state index contributed by atoms with van der Waals surface area (Å²) in [7, 11) is 1.55. The topological polar surface area (TPSA) is 93.5 Å². The Morgan fingerprint density at radius 1 is 1.42 bits per heavy atom. The molecule has 0 spiro atoms. The molecule has 130 valence electrons. The zero-order valence-corrected chi connectivity index (χ0v) is 14.8. The van der Waals surface area contributed by atoms with Crippen molar-refractivity contribution in [1.29, 1.82) is 5.26 Å². The van der Waals surface area contributed by atoms with E-state index in [0.717, 1.165) is 5.56 Å². The average molecular weight is 351 g/mol. The fourth-order valence-electron chi connectivity index (χ4n) is 1.68. The maximum Gasteiger partial charge on any atom is 0.351 e. The third-order valence-corrected chi connectivity index (χ3v) is 3.63. The number of nitrogens with zero attached hydrogens (tertiary/aromatic N) is 2. The first kappa shape index (κ1) is 19.8. The number of carbonyl (C=O) groups is 1. The third-order valence-electron chi connectivity index (χ3n) is 2.87. The molecule has 1 heterocycles. The number of pyridine rings is 1. The van der Waals surface area contributed by atoms with E-state index in [0.29, 0.717) is 30.7 Å². The van der Waals surface area contributed by atoms with Crippen molar-refractivity contribution in [3.05, 3.63) is 34.5 Å². The van der Waals surface area contributed by atoms with Crippen molar-refractivity contribution in [3.63, 3.8) is 0 Å². The van der Waals surface area contributed by atoms with Gasteiger partial charge in [0.25, 0.3) is 0 Å². The summed E-state index contributed by atoms with van der Waals surface area (Å²) in [6, 6.07) is 5.49. The monoisotopic (exact) mass is 351 g/mol. The zero-order valence-electron chi connectivity index (χ0n) is 14.0. The van der Waals surface area contributed by atoms with Crippen LogP contribution < -0.4 is 10.1 Å². The van der Waals surface area contributed by atoms with Gasteiger partial charge in [-0.3, -0.25) is 0 Å². The van der Waals surface area contributed by atoms with Gasteiger partial charge in [0.1, 0.15) is 12.7 Å². The molecule has 0 fully saturated rings. The number of nitrogens with one attached hydrogen (secondary N) is 1. The molecule has 1 aromatic heterocycles. The highest BCUT2D eigenvalue weighted by Gasteiger charge is 2.16. The lowest BCUT2D eigenvalue weighted by Crippen LogP contribution is -2.19. The van der Waals surface area contributed by atoms with Gasteiger partial charge in [0.2, 0.25) is 5.88 Å². The molecule has 24 heavy (non-hydrogen) atoms. The van der Waals surface area contributed by atoms with Crippen molar-refractivity contribution >= 4 is 17.7 Å². The molecule has 1 aromatic rings. The Kier molecular flexibility index (Phi) is 9.34. The predicted molar refractivity (Wildman–Crippen MR) is 91.2 cm³/mol. The number of nitriles is 1. The molecule has 8 heteroatoms. The number of esters is 1. The Morgan fingerprint density at radius 2 is 2.21 bits per heavy atom. The van der Waals surface area contributed by atoms with E-state index in [9.17, 15) is 10.1 Å². The number of thioether (sulfide) groups is 1. The van der Waals surface area contributed by atoms with Gasteiger partial charge < -0.3 is 19.5 Å². The van der Waals surface area contributed by atoms with Gasteiger partial charge in [-0.25, -0.2) is 9.78 Å². The summed E-state index contributed by atoms with van der Waals surface area (Å²) in [5.41, 5.74) is 0.838. The van der Waals surface area contributed by atoms with Crippen LogP contribution in [0.15, 0.2) is 28.9 Å². The fourth-order valence-corrected chi connectivity index (χ4v) is 2.23. The van der Waals surface area contributed by atoms with Crippen LogP contribution in [-0.2, 0) is 20.8 Å². The van der Waals surface area contributed by atoms with Crippen molar-refractivity contribution in [2.24, 2.45) is 0 Å². The minimum absolute atomic E-state index is 0.0551. The normalized spacial score (nSPS) is 11.2. The number of rotatable bonds is 10. The Balaban J connectivity index is 2.69. The first-order valence-corrected chi connectivity index (χ1v) is 8.54. The molecule has 0 aliphatic heterocycles. The Bertz CT molecular complexity index is 596. The predicted octanol–water partition coefficient (Wildman–Crippen LogP) is 1.86. The summed E-state index contributed by atoms with van der Waals surface area (Å²) >= 11 is 1.27. The average Bonchev–Trinajstić information content (AvgIpc) is 2.62. The lowest BCUT2D eigenvalue weighted by molar-refractivity contribution is -0.140. The van der Waals surface area contributed by atoms with Crippen LogP contribution in [0.3, 0.4) is 0 Å². The SMILES string of the molecule is CCOCCOC(=O)/C(C#N)=C(\NCc1ccc(OC)nc1)SC. The number of methoxy groups -OCH3 is 1. The molecule has 0 saturated heterocycles. The van der Waals surface area contributed by atoms with Crippen molar-refractivity contribution < 1.29 is 19.0 Å². The van der Waals surface area contributed by atoms with E-state index in [1.54, 1.807) is 25.6 Å². The molecule has 0 amide bonds. The summed E-state index contributed by atoms with van der Waals surface area (Å²) in [5, 5.41) is 12.8. The van der Waals surface area contributed by atoms with Gasteiger partial charge >= 0.3 is 5.97 Å². The zero-order chi connectivity index (χ0) is 17.8. The van der Waals surface area contributed by atoms with Crippen molar-refractivity contribution in [1.82, 2.24) is 10.3 Å². The molecular weight excluding hydrogens is 330 g/mol. The number of hydrogen-bond donors (Lipinski definition) is 1. The fraction of sp³-hybridized carbons (Fsp3) is 0.438. The second kappa shape index (κ2) is 11.3. The second-order valence-electron chi connectivity index (χ2n) is 4.42. The molecule has 1 rings (SSSR count). The molecule has 0 aromatic carbocycles. The Hall–Kier alpha value is -2.24. The number of aromatic nitrogens is 1. The van der Waals surface area contributed by atoms with E-state index in [1.165, 1.54) is 11.8 Å². The second-order valence-corrected chi connectivity index (χ2v) is 5.23. The van der Waals surface area contributed by atoms with E-state index < -0.39 is 5.97 Å². The van der Waals surface area contributed by atoms with Crippen LogP contribution >= 0.6 is 11.8 Å². The van der Waals surface area contributed by atoms with Crippen LogP contribution in [0.4, 0.5) is 0 Å². The standard InChI is InChI=1S/C16H21N3O4S/c1-4-22-7-8-23-16(20)13(9-17)15(24-3)19-11-12-5-6-14(21-2)18-10-12/h5-6,10,19H,4,7-8,11H2,1-3H3/b15-13+. The Labute approximate surface area is 146 Å². The lowest BCUT2D eigenvalue weighted by atomic mass is 10.2. The van der Waals surface area contributed by atoms with Crippen LogP contribution in [0.5, 0.6) is 5.88 Å². The van der Waals surface area contributed by atoms with Gasteiger partial charge in [-0.1, -0.05) is 6.07 Å². The maximum atomic E-state index is 12.0. The molecule has 0 saturated carbocycles.